The van der Waals surface area contributed by atoms with Gasteiger partial charge in [-0.05, 0) is 42.8 Å². The molecule has 5 heteroatoms. The Balaban J connectivity index is 2.12. The van der Waals surface area contributed by atoms with Gasteiger partial charge in [-0.1, -0.05) is 29.8 Å². The molecular formula is C14H13ClO3S. The van der Waals surface area contributed by atoms with Crippen LogP contribution in [-0.2, 0) is 9.84 Å². The summed E-state index contributed by atoms with van der Waals surface area (Å²) in [5.41, 5.74) is 0.844. The van der Waals surface area contributed by atoms with E-state index in [2.05, 4.69) is 0 Å². The maximum atomic E-state index is 12.0. The summed E-state index contributed by atoms with van der Waals surface area (Å²) >= 11 is 5.89. The summed E-state index contributed by atoms with van der Waals surface area (Å²) in [5.74, 6) is 0.0966. The summed E-state index contributed by atoms with van der Waals surface area (Å²) in [6.45, 7) is 1.83. The number of ether oxygens (including phenoxy) is 1. The molecule has 2 aromatic carbocycles. The second-order valence-electron chi connectivity index (χ2n) is 4.10. The van der Waals surface area contributed by atoms with E-state index in [-0.39, 0.29) is 4.90 Å². The van der Waals surface area contributed by atoms with Gasteiger partial charge in [-0.25, -0.2) is 8.42 Å². The Labute approximate surface area is 117 Å². The number of halogens is 1. The Kier molecular flexibility index (Phi) is 4.12. The monoisotopic (exact) mass is 296 g/mol. The van der Waals surface area contributed by atoms with Crippen molar-refractivity contribution in [3.8, 4) is 5.75 Å². The molecule has 2 rings (SSSR count). The van der Waals surface area contributed by atoms with Crippen LogP contribution in [0.1, 0.15) is 5.56 Å². The zero-order chi connectivity index (χ0) is 13.9. The number of benzene rings is 2. The van der Waals surface area contributed by atoms with Crippen molar-refractivity contribution in [2.45, 2.75) is 11.8 Å². The first-order valence-corrected chi connectivity index (χ1v) is 7.69. The van der Waals surface area contributed by atoms with E-state index < -0.39 is 15.8 Å². The van der Waals surface area contributed by atoms with Gasteiger partial charge in [0.1, 0.15) is 5.75 Å². The summed E-state index contributed by atoms with van der Waals surface area (Å²) in [6, 6.07) is 13.3. The summed E-state index contributed by atoms with van der Waals surface area (Å²) in [7, 11) is -3.44. The van der Waals surface area contributed by atoms with Gasteiger partial charge in [0.05, 0.1) is 4.90 Å². The van der Waals surface area contributed by atoms with Gasteiger partial charge < -0.3 is 4.74 Å². The SMILES string of the molecule is Cc1cc(OCS(=O)(=O)c2ccccc2)ccc1Cl. The Morgan fingerprint density at radius 3 is 2.42 bits per heavy atom. The van der Waals surface area contributed by atoms with Crippen molar-refractivity contribution in [2.75, 3.05) is 5.94 Å². The van der Waals surface area contributed by atoms with Crippen molar-refractivity contribution in [1.82, 2.24) is 0 Å². The van der Waals surface area contributed by atoms with E-state index in [1.807, 2.05) is 6.92 Å². The van der Waals surface area contributed by atoms with E-state index in [0.717, 1.165) is 5.56 Å². The summed E-state index contributed by atoms with van der Waals surface area (Å²) < 4.78 is 29.3. The first kappa shape index (κ1) is 13.9. The molecule has 2 aromatic rings. The van der Waals surface area contributed by atoms with Crippen LogP contribution in [0.5, 0.6) is 5.75 Å². The quantitative estimate of drug-likeness (QED) is 0.868. The molecule has 0 aliphatic carbocycles. The van der Waals surface area contributed by atoms with E-state index in [4.69, 9.17) is 16.3 Å². The van der Waals surface area contributed by atoms with Crippen LogP contribution in [0.3, 0.4) is 0 Å². The highest BCUT2D eigenvalue weighted by atomic mass is 35.5. The van der Waals surface area contributed by atoms with Crippen LogP contribution in [0.25, 0.3) is 0 Å². The van der Waals surface area contributed by atoms with Gasteiger partial charge >= 0.3 is 0 Å². The maximum absolute atomic E-state index is 12.0. The lowest BCUT2D eigenvalue weighted by atomic mass is 10.2. The van der Waals surface area contributed by atoms with Gasteiger partial charge in [-0.3, -0.25) is 0 Å². The van der Waals surface area contributed by atoms with Crippen LogP contribution in [-0.4, -0.2) is 14.4 Å². The smallest absolute Gasteiger partial charge is 0.213 e. The van der Waals surface area contributed by atoms with Gasteiger partial charge in [-0.15, -0.1) is 0 Å². The molecule has 0 unspecified atom stereocenters. The van der Waals surface area contributed by atoms with E-state index in [0.29, 0.717) is 10.8 Å². The average Bonchev–Trinajstić information content (AvgIpc) is 2.41. The highest BCUT2D eigenvalue weighted by Crippen LogP contribution is 2.22. The molecule has 0 aliphatic rings. The normalized spacial score (nSPS) is 11.3. The average molecular weight is 297 g/mol. The zero-order valence-electron chi connectivity index (χ0n) is 10.3. The molecule has 0 aromatic heterocycles. The lowest BCUT2D eigenvalue weighted by Gasteiger charge is -2.08. The molecule has 0 N–H and O–H groups in total. The number of hydrogen-bond acceptors (Lipinski definition) is 3. The Bertz CT molecular complexity index is 666. The minimum absolute atomic E-state index is 0.251. The molecule has 0 bridgehead atoms. The van der Waals surface area contributed by atoms with Crippen molar-refractivity contribution in [3.63, 3.8) is 0 Å². The third-order valence-corrected chi connectivity index (χ3v) is 4.46. The highest BCUT2D eigenvalue weighted by Gasteiger charge is 2.14. The van der Waals surface area contributed by atoms with Crippen molar-refractivity contribution < 1.29 is 13.2 Å². The molecule has 3 nitrogen and oxygen atoms in total. The van der Waals surface area contributed by atoms with Crippen LogP contribution in [0, 0.1) is 6.92 Å². The molecule has 0 amide bonds. The van der Waals surface area contributed by atoms with Crippen molar-refractivity contribution in [3.05, 3.63) is 59.1 Å². The summed E-state index contributed by atoms with van der Waals surface area (Å²) in [6.07, 6.45) is 0. The van der Waals surface area contributed by atoms with Crippen LogP contribution < -0.4 is 4.74 Å². The largest absolute Gasteiger partial charge is 0.477 e. The molecule has 0 aliphatic heterocycles. The van der Waals surface area contributed by atoms with Crippen LogP contribution in [0.15, 0.2) is 53.4 Å². The van der Waals surface area contributed by atoms with E-state index in [1.165, 1.54) is 0 Å². The van der Waals surface area contributed by atoms with E-state index >= 15 is 0 Å². The number of rotatable bonds is 4. The second-order valence-corrected chi connectivity index (χ2v) is 6.44. The van der Waals surface area contributed by atoms with Crippen molar-refractivity contribution in [1.29, 1.82) is 0 Å². The Morgan fingerprint density at radius 1 is 1.11 bits per heavy atom. The van der Waals surface area contributed by atoms with Crippen molar-refractivity contribution in [2.24, 2.45) is 0 Å². The molecule has 0 heterocycles. The third-order valence-electron chi connectivity index (χ3n) is 2.61. The molecule has 0 fully saturated rings. The predicted molar refractivity (Wildman–Crippen MR) is 75.3 cm³/mol. The molecule has 0 saturated heterocycles. The number of hydrogen-bond donors (Lipinski definition) is 0. The Hall–Kier alpha value is -1.52. The minimum Gasteiger partial charge on any atom is -0.477 e. The topological polar surface area (TPSA) is 43.4 Å². The lowest BCUT2D eigenvalue weighted by molar-refractivity contribution is 0.376. The summed E-state index contributed by atoms with van der Waals surface area (Å²) in [4.78, 5) is 0.251. The van der Waals surface area contributed by atoms with Crippen LogP contribution >= 0.6 is 11.6 Å². The van der Waals surface area contributed by atoms with Crippen molar-refractivity contribution >= 4 is 21.4 Å². The second kappa shape index (κ2) is 5.63. The van der Waals surface area contributed by atoms with Gasteiger partial charge in [0.2, 0.25) is 9.84 Å². The highest BCUT2D eigenvalue weighted by molar-refractivity contribution is 7.91. The molecule has 0 atom stereocenters. The summed E-state index contributed by atoms with van der Waals surface area (Å²) in [5, 5.41) is 0.623. The van der Waals surface area contributed by atoms with Crippen LogP contribution in [0.4, 0.5) is 0 Å². The number of aryl methyl sites for hydroxylation is 1. The number of sulfone groups is 1. The minimum atomic E-state index is -3.44. The molecule has 0 spiro atoms. The third kappa shape index (κ3) is 3.49. The fourth-order valence-corrected chi connectivity index (χ4v) is 2.67. The molecule has 19 heavy (non-hydrogen) atoms. The van der Waals surface area contributed by atoms with E-state index in [9.17, 15) is 8.42 Å². The molecule has 100 valence electrons. The fraction of sp³-hybridized carbons (Fsp3) is 0.143. The predicted octanol–water partition coefficient (Wildman–Crippen LogP) is 3.46. The fourth-order valence-electron chi connectivity index (χ4n) is 1.55. The van der Waals surface area contributed by atoms with Gasteiger partial charge in [0.25, 0.3) is 0 Å². The molecule has 0 radical (unpaired) electrons. The van der Waals surface area contributed by atoms with Gasteiger partial charge in [0.15, 0.2) is 5.94 Å². The van der Waals surface area contributed by atoms with Crippen LogP contribution in [0.2, 0.25) is 5.02 Å². The van der Waals surface area contributed by atoms with Gasteiger partial charge in [-0.2, -0.15) is 0 Å². The molecular weight excluding hydrogens is 284 g/mol. The standard InChI is InChI=1S/C14H13ClO3S/c1-11-9-12(7-8-14(11)15)18-10-19(16,17)13-5-3-2-4-6-13/h2-9H,10H2,1H3. The maximum Gasteiger partial charge on any atom is 0.213 e. The first-order chi connectivity index (χ1) is 8.99. The lowest BCUT2D eigenvalue weighted by Crippen LogP contribution is -2.12. The molecule has 0 saturated carbocycles. The Morgan fingerprint density at radius 2 is 1.79 bits per heavy atom. The van der Waals surface area contributed by atoms with Gasteiger partial charge in [0, 0.05) is 5.02 Å². The first-order valence-electron chi connectivity index (χ1n) is 5.66. The van der Waals surface area contributed by atoms with E-state index in [1.54, 1.807) is 48.5 Å². The zero-order valence-corrected chi connectivity index (χ0v) is 11.9.